The molecule has 26 heavy (non-hydrogen) atoms. The molecule has 2 heterocycles. The topological polar surface area (TPSA) is 76.9 Å². The van der Waals surface area contributed by atoms with E-state index in [9.17, 15) is 21.6 Å². The zero-order valence-electron chi connectivity index (χ0n) is 12.7. The lowest BCUT2D eigenvalue weighted by Gasteiger charge is -2.08. The number of hydrogen-bond donors (Lipinski definition) is 1. The number of hydrogen-bond acceptors (Lipinski definition) is 5. The smallest absolute Gasteiger partial charge is 0.246 e. The Morgan fingerprint density at radius 2 is 2.00 bits per heavy atom. The monoisotopic (exact) mass is 466 g/mol. The minimum atomic E-state index is -4.44. The standard InChI is InChI=1S/C14H10BrF3N4O2S2/c15-11-4-5-12(25-11)26(23,24)21-13-19-8-22(20-13)7-9-2-1-3-10(6-9)14(16,17)18/h1-6,8H,7H2,(H,20,21). The van der Waals surface area contributed by atoms with Crippen molar-refractivity contribution in [2.75, 3.05) is 4.72 Å². The number of aromatic nitrogens is 3. The second-order valence-corrected chi connectivity index (χ2v) is 9.50. The minimum Gasteiger partial charge on any atom is -0.246 e. The molecule has 0 radical (unpaired) electrons. The summed E-state index contributed by atoms with van der Waals surface area (Å²) in [6, 6.07) is 7.82. The number of rotatable bonds is 5. The lowest BCUT2D eigenvalue weighted by Crippen LogP contribution is -2.13. The summed E-state index contributed by atoms with van der Waals surface area (Å²) >= 11 is 4.21. The maximum atomic E-state index is 12.7. The predicted octanol–water partition coefficient (Wildman–Crippen LogP) is 3.97. The van der Waals surface area contributed by atoms with Gasteiger partial charge in [-0.15, -0.1) is 16.4 Å². The molecule has 0 aliphatic rings. The first-order valence-electron chi connectivity index (χ1n) is 6.97. The molecule has 12 heteroatoms. The van der Waals surface area contributed by atoms with Gasteiger partial charge in [0.15, 0.2) is 0 Å². The summed E-state index contributed by atoms with van der Waals surface area (Å²) in [7, 11) is -3.83. The SMILES string of the molecule is O=S(=O)(Nc1ncn(Cc2cccc(C(F)(F)F)c2)n1)c1ccc(Br)s1. The van der Waals surface area contributed by atoms with Crippen molar-refractivity contribution in [3.8, 4) is 0 Å². The minimum absolute atomic E-state index is 0.0171. The number of benzene rings is 1. The summed E-state index contributed by atoms with van der Waals surface area (Å²) in [5, 5.41) is 3.94. The molecule has 1 aromatic carbocycles. The van der Waals surface area contributed by atoms with Crippen molar-refractivity contribution in [2.45, 2.75) is 16.9 Å². The molecule has 3 aromatic rings. The normalized spacial score (nSPS) is 12.3. The summed E-state index contributed by atoms with van der Waals surface area (Å²) < 4.78 is 66.9. The molecule has 0 atom stereocenters. The van der Waals surface area contributed by atoms with Crippen LogP contribution < -0.4 is 4.72 Å². The number of alkyl halides is 3. The molecule has 0 amide bonds. The second kappa shape index (κ2) is 7.00. The van der Waals surface area contributed by atoms with Crippen molar-refractivity contribution in [3.63, 3.8) is 0 Å². The Kier molecular flexibility index (Phi) is 5.08. The van der Waals surface area contributed by atoms with Gasteiger partial charge in [0.05, 0.1) is 15.9 Å². The zero-order valence-corrected chi connectivity index (χ0v) is 16.0. The van der Waals surface area contributed by atoms with Crippen LogP contribution in [-0.2, 0) is 22.7 Å². The maximum Gasteiger partial charge on any atom is 0.416 e. The largest absolute Gasteiger partial charge is 0.416 e. The highest BCUT2D eigenvalue weighted by Gasteiger charge is 2.30. The molecule has 0 saturated carbocycles. The van der Waals surface area contributed by atoms with E-state index in [4.69, 9.17) is 0 Å². The van der Waals surface area contributed by atoms with Crippen molar-refractivity contribution in [1.29, 1.82) is 0 Å². The van der Waals surface area contributed by atoms with Gasteiger partial charge in [-0.2, -0.15) is 18.2 Å². The van der Waals surface area contributed by atoms with Crippen LogP contribution in [0, 0.1) is 0 Å². The van der Waals surface area contributed by atoms with Crippen LogP contribution in [0.4, 0.5) is 19.1 Å². The second-order valence-electron chi connectivity index (χ2n) is 5.13. The molecular weight excluding hydrogens is 457 g/mol. The lowest BCUT2D eigenvalue weighted by molar-refractivity contribution is -0.137. The van der Waals surface area contributed by atoms with E-state index in [-0.39, 0.29) is 16.7 Å². The third kappa shape index (κ3) is 4.43. The van der Waals surface area contributed by atoms with Gasteiger partial charge in [0.25, 0.3) is 16.0 Å². The van der Waals surface area contributed by atoms with Crippen LogP contribution in [0.2, 0.25) is 0 Å². The molecule has 0 unspecified atom stereocenters. The molecule has 0 bridgehead atoms. The van der Waals surface area contributed by atoms with E-state index in [0.717, 1.165) is 23.5 Å². The Balaban J connectivity index is 1.75. The number of halogens is 4. The van der Waals surface area contributed by atoms with Gasteiger partial charge >= 0.3 is 6.18 Å². The first kappa shape index (κ1) is 18.9. The van der Waals surface area contributed by atoms with Gasteiger partial charge in [-0.1, -0.05) is 12.1 Å². The first-order chi connectivity index (χ1) is 12.1. The predicted molar refractivity (Wildman–Crippen MR) is 93.4 cm³/mol. The van der Waals surface area contributed by atoms with Crippen molar-refractivity contribution in [1.82, 2.24) is 14.8 Å². The van der Waals surface area contributed by atoms with Gasteiger partial charge in [0.2, 0.25) is 0 Å². The lowest BCUT2D eigenvalue weighted by atomic mass is 10.1. The van der Waals surface area contributed by atoms with Gasteiger partial charge in [0, 0.05) is 0 Å². The molecule has 6 nitrogen and oxygen atoms in total. The van der Waals surface area contributed by atoms with Gasteiger partial charge in [-0.25, -0.2) is 17.8 Å². The van der Waals surface area contributed by atoms with Gasteiger partial charge in [-0.05, 0) is 45.8 Å². The van der Waals surface area contributed by atoms with Crippen molar-refractivity contribution in [3.05, 3.63) is 57.6 Å². The van der Waals surface area contributed by atoms with Crippen LogP contribution in [0.25, 0.3) is 0 Å². The number of sulfonamides is 1. The Morgan fingerprint density at radius 3 is 2.65 bits per heavy atom. The number of nitrogens with zero attached hydrogens (tertiary/aromatic N) is 3. The summed E-state index contributed by atoms with van der Waals surface area (Å²) in [6.07, 6.45) is -3.20. The van der Waals surface area contributed by atoms with E-state index in [1.54, 1.807) is 6.07 Å². The van der Waals surface area contributed by atoms with Gasteiger partial charge in [-0.3, -0.25) is 0 Å². The van der Waals surface area contributed by atoms with E-state index < -0.39 is 21.8 Å². The van der Waals surface area contributed by atoms with E-state index in [2.05, 4.69) is 30.7 Å². The zero-order chi connectivity index (χ0) is 18.9. The molecule has 0 aliphatic carbocycles. The molecule has 2 aromatic heterocycles. The molecule has 1 N–H and O–H groups in total. The average Bonchev–Trinajstić information content (AvgIpc) is 3.16. The number of anilines is 1. The van der Waals surface area contributed by atoms with Crippen LogP contribution in [0.5, 0.6) is 0 Å². The van der Waals surface area contributed by atoms with Gasteiger partial charge in [0.1, 0.15) is 10.5 Å². The van der Waals surface area contributed by atoms with Gasteiger partial charge < -0.3 is 0 Å². The van der Waals surface area contributed by atoms with Crippen LogP contribution in [0.15, 0.2) is 50.7 Å². The fourth-order valence-electron chi connectivity index (χ4n) is 2.06. The molecule has 0 saturated heterocycles. The fraction of sp³-hybridized carbons (Fsp3) is 0.143. The van der Waals surface area contributed by atoms with Crippen LogP contribution in [0.3, 0.4) is 0 Å². The van der Waals surface area contributed by atoms with Crippen molar-refractivity contribution < 1.29 is 21.6 Å². The fourth-order valence-corrected chi connectivity index (χ4v) is 5.02. The van der Waals surface area contributed by atoms with E-state index in [1.165, 1.54) is 29.2 Å². The van der Waals surface area contributed by atoms with Crippen LogP contribution in [0.1, 0.15) is 11.1 Å². The van der Waals surface area contributed by atoms with Crippen LogP contribution in [-0.4, -0.2) is 23.2 Å². The summed E-state index contributed by atoms with van der Waals surface area (Å²) in [6.45, 7) is 0.0171. The molecule has 138 valence electrons. The third-order valence-corrected chi connectivity index (χ3v) is 6.62. The molecule has 0 fully saturated rings. The Hall–Kier alpha value is -1.92. The highest BCUT2D eigenvalue weighted by molar-refractivity contribution is 9.11. The Morgan fingerprint density at radius 1 is 1.23 bits per heavy atom. The quantitative estimate of drug-likeness (QED) is 0.616. The molecule has 3 rings (SSSR count). The Bertz CT molecular complexity index is 1030. The third-order valence-electron chi connectivity index (χ3n) is 3.17. The molecular formula is C14H10BrF3N4O2S2. The number of thiophene rings is 1. The Labute approximate surface area is 158 Å². The van der Waals surface area contributed by atoms with Crippen molar-refractivity contribution >= 4 is 43.2 Å². The number of nitrogens with one attached hydrogen (secondary N) is 1. The van der Waals surface area contributed by atoms with Crippen molar-refractivity contribution in [2.24, 2.45) is 0 Å². The van der Waals surface area contributed by atoms with E-state index in [1.807, 2.05) is 0 Å². The highest BCUT2D eigenvalue weighted by atomic mass is 79.9. The van der Waals surface area contributed by atoms with E-state index >= 15 is 0 Å². The summed E-state index contributed by atoms with van der Waals surface area (Å²) in [5.41, 5.74) is -0.402. The maximum absolute atomic E-state index is 12.7. The average molecular weight is 467 g/mol. The van der Waals surface area contributed by atoms with Crippen LogP contribution >= 0.6 is 27.3 Å². The van der Waals surface area contributed by atoms with E-state index in [0.29, 0.717) is 9.35 Å². The molecule has 0 spiro atoms. The summed E-state index contributed by atoms with van der Waals surface area (Å²) in [4.78, 5) is 3.83. The highest BCUT2D eigenvalue weighted by Crippen LogP contribution is 2.30. The molecule has 0 aliphatic heterocycles. The first-order valence-corrected chi connectivity index (χ1v) is 10.1. The summed E-state index contributed by atoms with van der Waals surface area (Å²) in [5.74, 6) is -0.165.